The van der Waals surface area contributed by atoms with Gasteiger partial charge in [0.05, 0.1) is 17.6 Å². The summed E-state index contributed by atoms with van der Waals surface area (Å²) in [7, 11) is 1.62. The Morgan fingerprint density at radius 3 is 2.20 bits per heavy atom. The second kappa shape index (κ2) is 6.40. The van der Waals surface area contributed by atoms with Crippen molar-refractivity contribution in [1.29, 1.82) is 0 Å². The van der Waals surface area contributed by atoms with Crippen LogP contribution in [0.25, 0.3) is 0 Å². The molecule has 0 bridgehead atoms. The van der Waals surface area contributed by atoms with Crippen molar-refractivity contribution < 1.29 is 14.6 Å². The summed E-state index contributed by atoms with van der Waals surface area (Å²) in [6.07, 6.45) is 3.67. The first kappa shape index (κ1) is 18.4. The first-order valence-corrected chi connectivity index (χ1v) is 9.33. The molecule has 1 aromatic rings. The number of rotatable bonds is 3. The van der Waals surface area contributed by atoms with Gasteiger partial charge in [-0.05, 0) is 55.2 Å². The fraction of sp³-hybridized carbons (Fsp3) is 0.667. The number of hydrogen-bond acceptors (Lipinski definition) is 3. The number of benzene rings is 1. The van der Waals surface area contributed by atoms with Gasteiger partial charge in [-0.3, -0.25) is 4.79 Å². The molecule has 1 aromatic carbocycles. The summed E-state index contributed by atoms with van der Waals surface area (Å²) in [5, 5.41) is 10.5. The van der Waals surface area contributed by atoms with Crippen LogP contribution in [-0.4, -0.2) is 36.9 Å². The minimum absolute atomic E-state index is 0.115. The molecule has 0 unspecified atom stereocenters. The lowest BCUT2D eigenvalue weighted by Gasteiger charge is -2.40. The fourth-order valence-electron chi connectivity index (χ4n) is 4.28. The van der Waals surface area contributed by atoms with Crippen LogP contribution in [0.2, 0.25) is 0 Å². The average Bonchev–Trinajstić information content (AvgIpc) is 2.87. The number of ether oxygens (including phenoxy) is 1. The molecule has 1 saturated carbocycles. The van der Waals surface area contributed by atoms with E-state index in [2.05, 4.69) is 45.0 Å². The van der Waals surface area contributed by atoms with Crippen LogP contribution in [0.4, 0.5) is 5.69 Å². The van der Waals surface area contributed by atoms with Gasteiger partial charge in [0.2, 0.25) is 5.91 Å². The van der Waals surface area contributed by atoms with Gasteiger partial charge in [0.15, 0.2) is 0 Å². The topological polar surface area (TPSA) is 49.8 Å². The maximum Gasteiger partial charge on any atom is 0.233 e. The van der Waals surface area contributed by atoms with Gasteiger partial charge in [0, 0.05) is 19.3 Å². The van der Waals surface area contributed by atoms with Crippen LogP contribution in [0.3, 0.4) is 0 Å². The van der Waals surface area contributed by atoms with Gasteiger partial charge < -0.3 is 14.7 Å². The third-order valence-corrected chi connectivity index (χ3v) is 6.11. The van der Waals surface area contributed by atoms with Crippen LogP contribution in [0.15, 0.2) is 24.3 Å². The highest BCUT2D eigenvalue weighted by molar-refractivity contribution is 6.00. The van der Waals surface area contributed by atoms with Crippen molar-refractivity contribution >= 4 is 11.6 Å². The first-order valence-electron chi connectivity index (χ1n) is 9.33. The monoisotopic (exact) mass is 345 g/mol. The van der Waals surface area contributed by atoms with Crippen LogP contribution >= 0.6 is 0 Å². The molecule has 3 rings (SSSR count). The Labute approximate surface area is 151 Å². The molecule has 1 heterocycles. The van der Waals surface area contributed by atoms with Gasteiger partial charge in [-0.2, -0.15) is 0 Å². The van der Waals surface area contributed by atoms with Crippen LogP contribution in [0, 0.1) is 5.41 Å². The average molecular weight is 345 g/mol. The Morgan fingerprint density at radius 2 is 1.68 bits per heavy atom. The normalized spacial score (nSPS) is 30.3. The molecule has 0 aromatic heterocycles. The summed E-state index contributed by atoms with van der Waals surface area (Å²) in [5.74, 6) is 0.232. The van der Waals surface area contributed by atoms with E-state index >= 15 is 0 Å². The van der Waals surface area contributed by atoms with Crippen LogP contribution in [0.5, 0.6) is 0 Å². The Hall–Kier alpha value is -1.39. The van der Waals surface area contributed by atoms with Crippen molar-refractivity contribution in [1.82, 2.24) is 0 Å². The summed E-state index contributed by atoms with van der Waals surface area (Å²) in [5.41, 5.74) is 1.33. The maximum absolute atomic E-state index is 13.1. The Morgan fingerprint density at radius 1 is 1.08 bits per heavy atom. The van der Waals surface area contributed by atoms with E-state index < -0.39 is 5.60 Å². The first-order chi connectivity index (χ1) is 11.7. The standard InChI is InChI=1S/C21H31NO3/c1-19(2,3)16-5-7-17(8-6-16)22-14-13-20(18(22)23)9-11-21(24,12-10-20)15-25-4/h5-8,24H,9-15H2,1-4H3. The van der Waals surface area contributed by atoms with Crippen molar-refractivity contribution in [3.8, 4) is 0 Å². The van der Waals surface area contributed by atoms with Gasteiger partial charge >= 0.3 is 0 Å². The molecule has 4 heteroatoms. The number of carbonyl (C=O) groups is 1. The predicted molar refractivity (Wildman–Crippen MR) is 99.8 cm³/mol. The zero-order chi connectivity index (χ0) is 18.3. The lowest BCUT2D eigenvalue weighted by Crippen LogP contribution is -2.45. The lowest BCUT2D eigenvalue weighted by atomic mass is 9.68. The van der Waals surface area contributed by atoms with E-state index in [0.29, 0.717) is 19.4 Å². The Kier molecular flexibility index (Phi) is 4.71. The number of hydrogen-bond donors (Lipinski definition) is 1. The molecule has 0 atom stereocenters. The molecule has 1 amide bonds. The minimum Gasteiger partial charge on any atom is -0.387 e. The van der Waals surface area contributed by atoms with Crippen molar-refractivity contribution in [3.05, 3.63) is 29.8 Å². The van der Waals surface area contributed by atoms with Crippen molar-refractivity contribution in [3.63, 3.8) is 0 Å². The van der Waals surface area contributed by atoms with Crippen LogP contribution in [0.1, 0.15) is 58.4 Å². The number of methoxy groups -OCH3 is 1. The molecule has 1 aliphatic carbocycles. The molecule has 2 fully saturated rings. The summed E-state index contributed by atoms with van der Waals surface area (Å²) >= 11 is 0. The van der Waals surface area contributed by atoms with Gasteiger partial charge in [-0.25, -0.2) is 0 Å². The van der Waals surface area contributed by atoms with E-state index in [4.69, 9.17) is 4.74 Å². The van der Waals surface area contributed by atoms with Gasteiger partial charge in [0.25, 0.3) is 0 Å². The number of carbonyl (C=O) groups excluding carboxylic acids is 1. The van der Waals surface area contributed by atoms with E-state index in [0.717, 1.165) is 31.5 Å². The largest absolute Gasteiger partial charge is 0.387 e. The number of anilines is 1. The fourth-order valence-corrected chi connectivity index (χ4v) is 4.28. The van der Waals surface area contributed by atoms with Crippen LogP contribution in [-0.2, 0) is 14.9 Å². The van der Waals surface area contributed by atoms with Crippen molar-refractivity contribution in [2.24, 2.45) is 5.41 Å². The van der Waals surface area contributed by atoms with E-state index in [-0.39, 0.29) is 16.7 Å². The SMILES string of the molecule is COCC1(O)CCC2(CCN(c3ccc(C(C)(C)C)cc3)C2=O)CC1. The van der Waals surface area contributed by atoms with Gasteiger partial charge in [0.1, 0.15) is 0 Å². The maximum atomic E-state index is 13.1. The van der Waals surface area contributed by atoms with E-state index in [1.165, 1.54) is 5.56 Å². The molecule has 1 N–H and O–H groups in total. The third kappa shape index (κ3) is 3.47. The molecule has 1 spiro atoms. The molecular formula is C21H31NO3. The Balaban J connectivity index is 1.72. The van der Waals surface area contributed by atoms with Crippen LogP contribution < -0.4 is 4.90 Å². The number of amides is 1. The second-order valence-electron chi connectivity index (χ2n) is 8.94. The molecule has 4 nitrogen and oxygen atoms in total. The quantitative estimate of drug-likeness (QED) is 0.909. The van der Waals surface area contributed by atoms with E-state index in [1.807, 2.05) is 4.90 Å². The molecule has 0 radical (unpaired) electrons. The third-order valence-electron chi connectivity index (χ3n) is 6.11. The predicted octanol–water partition coefficient (Wildman–Crippen LogP) is 3.66. The van der Waals surface area contributed by atoms with E-state index in [9.17, 15) is 9.90 Å². The van der Waals surface area contributed by atoms with Gasteiger partial charge in [-0.15, -0.1) is 0 Å². The highest BCUT2D eigenvalue weighted by atomic mass is 16.5. The molecule has 138 valence electrons. The zero-order valence-electron chi connectivity index (χ0n) is 16.0. The molecule has 25 heavy (non-hydrogen) atoms. The summed E-state index contributed by atoms with van der Waals surface area (Å²) < 4.78 is 5.15. The molecule has 1 aliphatic heterocycles. The van der Waals surface area contributed by atoms with Crippen molar-refractivity contribution in [2.45, 2.75) is 63.9 Å². The summed E-state index contributed by atoms with van der Waals surface area (Å²) in [4.78, 5) is 15.1. The highest BCUT2D eigenvalue weighted by Crippen LogP contribution is 2.48. The molecule has 2 aliphatic rings. The smallest absolute Gasteiger partial charge is 0.233 e. The summed E-state index contributed by atoms with van der Waals surface area (Å²) in [6.45, 7) is 7.72. The lowest BCUT2D eigenvalue weighted by molar-refractivity contribution is -0.133. The van der Waals surface area contributed by atoms with Crippen molar-refractivity contribution in [2.75, 3.05) is 25.2 Å². The molecular weight excluding hydrogens is 314 g/mol. The zero-order valence-corrected chi connectivity index (χ0v) is 16.0. The summed E-state index contributed by atoms with van der Waals surface area (Å²) in [6, 6.07) is 8.40. The minimum atomic E-state index is -0.762. The second-order valence-corrected chi connectivity index (χ2v) is 8.94. The Bertz CT molecular complexity index is 622. The van der Waals surface area contributed by atoms with E-state index in [1.54, 1.807) is 7.11 Å². The number of aliphatic hydroxyl groups is 1. The van der Waals surface area contributed by atoms with Gasteiger partial charge in [-0.1, -0.05) is 32.9 Å². The molecule has 1 saturated heterocycles. The highest BCUT2D eigenvalue weighted by Gasteiger charge is 2.51. The number of nitrogens with zero attached hydrogens (tertiary/aromatic N) is 1.